The van der Waals surface area contributed by atoms with Gasteiger partial charge in [-0.25, -0.2) is 4.79 Å². The number of allylic oxidation sites excluding steroid dienone is 2. The zero-order chi connectivity index (χ0) is 67.2. The van der Waals surface area contributed by atoms with Gasteiger partial charge in [-0.3, -0.25) is 43.2 Å². The summed E-state index contributed by atoms with van der Waals surface area (Å²) >= 11 is 0. The lowest BCUT2D eigenvalue weighted by Gasteiger charge is -2.71. The second kappa shape index (κ2) is 27.3. The molecule has 510 valence electrons. The topological polar surface area (TPSA) is 318 Å². The molecule has 0 radical (unpaired) electrons. The maximum atomic E-state index is 14.5. The van der Waals surface area contributed by atoms with Crippen molar-refractivity contribution in [2.45, 2.75) is 260 Å². The average molecular weight is 1290 g/mol. The molecule has 8 aliphatic rings. The normalized spacial score (nSPS) is 40.3. The molecule has 0 N–H and O–H groups in total. The number of hydrogen-bond donors (Lipinski definition) is 0. The van der Waals surface area contributed by atoms with Gasteiger partial charge < -0.3 is 75.8 Å². The molecule has 0 amide bonds. The molecule has 22 atom stereocenters. The minimum atomic E-state index is -1.98. The van der Waals surface area contributed by atoms with Gasteiger partial charge in [-0.05, 0) is 109 Å². The van der Waals surface area contributed by atoms with Gasteiger partial charge in [-0.15, -0.1) is 0 Å². The Morgan fingerprint density at radius 1 is 0.505 bits per heavy atom. The third kappa shape index (κ3) is 14.1. The highest BCUT2D eigenvalue weighted by atomic mass is 16.8. The molecule has 0 unspecified atom stereocenters. The third-order valence-electron chi connectivity index (χ3n) is 21.5. The van der Waals surface area contributed by atoms with Gasteiger partial charge in [0.05, 0.1) is 32.3 Å². The molecule has 26 heteroatoms. The molecule has 3 saturated heterocycles. The Morgan fingerprint density at radius 2 is 1.03 bits per heavy atom. The molecule has 4 saturated carbocycles. The first-order valence-electron chi connectivity index (χ1n) is 31.6. The van der Waals surface area contributed by atoms with Crippen LogP contribution in [0, 0.1) is 50.2 Å². The monoisotopic (exact) mass is 1290 g/mol. The molecule has 3 heterocycles. The largest absolute Gasteiger partial charge is 0.469 e. The summed E-state index contributed by atoms with van der Waals surface area (Å²) in [5.74, 6) is -8.27. The Balaban J connectivity index is 1.23. The zero-order valence-electron chi connectivity index (χ0n) is 55.6. The first-order chi connectivity index (χ1) is 42.5. The van der Waals surface area contributed by atoms with E-state index in [0.717, 1.165) is 114 Å². The number of hydrogen-bond acceptors (Lipinski definition) is 26. The highest BCUT2D eigenvalue weighted by Gasteiger charge is 2.70. The van der Waals surface area contributed by atoms with Crippen LogP contribution in [0.2, 0.25) is 0 Å². The van der Waals surface area contributed by atoms with Crippen molar-refractivity contribution in [1.82, 2.24) is 0 Å². The minimum absolute atomic E-state index is 0.0103. The number of carbonyl (C=O) groups is 10. The van der Waals surface area contributed by atoms with Crippen LogP contribution < -0.4 is 0 Å². The van der Waals surface area contributed by atoms with Crippen molar-refractivity contribution >= 4 is 59.7 Å². The summed E-state index contributed by atoms with van der Waals surface area (Å²) in [5, 5.41) is 0. The summed E-state index contributed by atoms with van der Waals surface area (Å²) in [5.41, 5.74) is -0.582. The molecule has 7 fully saturated rings. The minimum Gasteiger partial charge on any atom is -0.469 e. The molecule has 3 aliphatic heterocycles. The van der Waals surface area contributed by atoms with Gasteiger partial charge in [0.1, 0.15) is 18.8 Å². The van der Waals surface area contributed by atoms with Crippen LogP contribution in [0.5, 0.6) is 0 Å². The molecule has 0 aromatic rings. The first kappa shape index (κ1) is 71.1. The summed E-state index contributed by atoms with van der Waals surface area (Å²) in [6.45, 7) is 23.3. The van der Waals surface area contributed by atoms with Crippen LogP contribution in [0.25, 0.3) is 0 Å². The zero-order valence-corrected chi connectivity index (χ0v) is 55.6. The molecule has 0 aromatic heterocycles. The Labute approximate surface area is 531 Å². The fourth-order valence-electron chi connectivity index (χ4n) is 17.5. The number of methoxy groups -OCH3 is 2. The van der Waals surface area contributed by atoms with E-state index in [9.17, 15) is 47.9 Å². The van der Waals surface area contributed by atoms with Gasteiger partial charge in [0.2, 0.25) is 0 Å². The standard InChI is InChI=1S/C65H94O26/c1-31(66)78-29-42-46(81-33(3)68)48(83-35(5)70)53(86-38(8)73)57(87-42)91-54-50(84-36(6)71)49(89-56-52(85-37(7)72)47(82-34(4)69)41(30-79-56)80-32(2)67)51(55(74)76-16)90-58(54)88-45-21-22-62(13)43(61(45,11)12)20-23-64(15)44(62)19-18-39-40-28-60(9,10)24-26-65(40,59(75)77-17)27-25-63(39,64)14/h18,40-54,56-58H,19-30H2,1-17H3/t40-,41+,42+,43+,44+,45-,46+,47-,48-,49-,50-,51-,52+,53+,54+,56-,57-,58+,62-,63+,64+,65-/m0/s1. The summed E-state index contributed by atoms with van der Waals surface area (Å²) in [7, 11) is 2.56. The van der Waals surface area contributed by atoms with E-state index in [2.05, 4.69) is 54.5 Å². The molecule has 91 heavy (non-hydrogen) atoms. The Morgan fingerprint density at radius 3 is 1.60 bits per heavy atom. The lowest BCUT2D eigenvalue weighted by molar-refractivity contribution is -0.388. The number of ether oxygens (including phenoxy) is 16. The molecule has 0 spiro atoms. The number of fused-ring (bicyclic) bond motifs is 7. The fourth-order valence-corrected chi connectivity index (χ4v) is 17.5. The van der Waals surface area contributed by atoms with Crippen molar-refractivity contribution in [2.24, 2.45) is 50.2 Å². The van der Waals surface area contributed by atoms with E-state index in [1.807, 2.05) is 0 Å². The van der Waals surface area contributed by atoms with E-state index in [1.165, 1.54) is 12.7 Å². The molecule has 26 nitrogen and oxygen atoms in total. The first-order valence-corrected chi connectivity index (χ1v) is 31.6. The molecule has 0 aromatic carbocycles. The van der Waals surface area contributed by atoms with Crippen LogP contribution in [0.15, 0.2) is 11.6 Å². The van der Waals surface area contributed by atoms with Gasteiger partial charge in [0.15, 0.2) is 73.8 Å². The van der Waals surface area contributed by atoms with Gasteiger partial charge >= 0.3 is 59.7 Å². The van der Waals surface area contributed by atoms with Crippen molar-refractivity contribution in [1.29, 1.82) is 0 Å². The van der Waals surface area contributed by atoms with Crippen LogP contribution in [0.1, 0.15) is 168 Å². The predicted octanol–water partition coefficient (Wildman–Crippen LogP) is 6.18. The van der Waals surface area contributed by atoms with Crippen LogP contribution in [0.4, 0.5) is 0 Å². The van der Waals surface area contributed by atoms with E-state index >= 15 is 0 Å². The predicted molar refractivity (Wildman–Crippen MR) is 310 cm³/mol. The number of esters is 10. The molecular weight excluding hydrogens is 1200 g/mol. The Kier molecular flexibility index (Phi) is 21.3. The van der Waals surface area contributed by atoms with Crippen molar-refractivity contribution in [3.8, 4) is 0 Å². The number of carbonyl (C=O) groups excluding carboxylic acids is 10. The summed E-state index contributed by atoms with van der Waals surface area (Å²) in [6, 6.07) is 0. The van der Waals surface area contributed by atoms with Gasteiger partial charge in [0.25, 0.3) is 0 Å². The van der Waals surface area contributed by atoms with Crippen LogP contribution >= 0.6 is 0 Å². The quantitative estimate of drug-likeness (QED) is 0.0679. The smallest absolute Gasteiger partial charge is 0.338 e. The molecule has 0 bridgehead atoms. The van der Waals surface area contributed by atoms with Crippen molar-refractivity contribution in [2.75, 3.05) is 27.4 Å². The van der Waals surface area contributed by atoms with Gasteiger partial charge in [-0.2, -0.15) is 0 Å². The molecule has 5 aliphatic carbocycles. The Hall–Kier alpha value is -5.80. The second-order valence-electron chi connectivity index (χ2n) is 28.1. The highest BCUT2D eigenvalue weighted by molar-refractivity contribution is 5.79. The van der Waals surface area contributed by atoms with Gasteiger partial charge in [-0.1, -0.05) is 60.1 Å². The Bertz CT molecular complexity index is 2830. The van der Waals surface area contributed by atoms with E-state index < -0.39 is 170 Å². The van der Waals surface area contributed by atoms with Crippen LogP contribution in [-0.4, -0.2) is 179 Å². The summed E-state index contributed by atoms with van der Waals surface area (Å²) in [4.78, 5) is 132. The third-order valence-corrected chi connectivity index (χ3v) is 21.5. The van der Waals surface area contributed by atoms with Crippen molar-refractivity contribution in [3.05, 3.63) is 11.6 Å². The SMILES string of the molecule is COC(=O)[C@H]1O[C@@H](O[C@H]2CC[C@@]3(C)[C@H](CC[C@]4(C)[C@@H]3CC=C3[C@@H]5CC(C)(C)CC[C@]5(C(=O)OC)CC[C@]34C)C2(C)C)[C@H](O[C@@H]2O[C@H](COC(C)=O)[C@@H](OC(C)=O)[C@H](OC(C)=O)[C@H]2OC(C)=O)[C@@H](OC(C)=O)[C@@H]1O[C@@H]1OC[C@@H](OC(C)=O)[C@H](OC(C)=O)[C@H]1OC(C)=O. The van der Waals surface area contributed by atoms with E-state index in [0.29, 0.717) is 12.8 Å². The maximum absolute atomic E-state index is 14.5. The maximum Gasteiger partial charge on any atom is 0.338 e. The lowest BCUT2D eigenvalue weighted by atomic mass is 9.33. The number of rotatable bonds is 17. The van der Waals surface area contributed by atoms with E-state index in [1.54, 1.807) is 0 Å². The van der Waals surface area contributed by atoms with E-state index in [-0.39, 0.29) is 45.4 Å². The summed E-state index contributed by atoms with van der Waals surface area (Å²) in [6.07, 6.45) is -15.5. The summed E-state index contributed by atoms with van der Waals surface area (Å²) < 4.78 is 96.5. The van der Waals surface area contributed by atoms with Gasteiger partial charge in [0, 0.05) is 55.4 Å². The highest BCUT2D eigenvalue weighted by Crippen LogP contribution is 2.76. The van der Waals surface area contributed by atoms with Crippen molar-refractivity contribution in [3.63, 3.8) is 0 Å². The lowest BCUT2D eigenvalue weighted by Crippen LogP contribution is -2.69. The van der Waals surface area contributed by atoms with Crippen LogP contribution in [0.3, 0.4) is 0 Å². The average Bonchev–Trinajstić information content (AvgIpc) is 0.678. The van der Waals surface area contributed by atoms with Crippen molar-refractivity contribution < 1.29 is 124 Å². The van der Waals surface area contributed by atoms with Crippen LogP contribution in [-0.2, 0) is 124 Å². The van der Waals surface area contributed by atoms with E-state index in [4.69, 9.17) is 75.8 Å². The fraction of sp³-hybridized carbons (Fsp3) is 0.815. The second-order valence-corrected chi connectivity index (χ2v) is 28.1. The molecule has 8 rings (SSSR count). The molecular formula is C65H94O26.